The number of nitrogens with one attached hydrogen (secondary N) is 2. The summed E-state index contributed by atoms with van der Waals surface area (Å²) in [6, 6.07) is 8.71. The van der Waals surface area contributed by atoms with Crippen LogP contribution in [0.25, 0.3) is 0 Å². The van der Waals surface area contributed by atoms with E-state index in [1.165, 1.54) is 0 Å². The predicted molar refractivity (Wildman–Crippen MR) is 53.3 cm³/mol. The SMILES string of the molecule is C=C1NCCN1.Oc1ccccc1. The summed E-state index contributed by atoms with van der Waals surface area (Å²) in [5.41, 5.74) is 0. The molecule has 0 saturated carbocycles. The summed E-state index contributed by atoms with van der Waals surface area (Å²) in [6.45, 7) is 5.69. The van der Waals surface area contributed by atoms with Gasteiger partial charge in [-0.2, -0.15) is 0 Å². The number of phenols is 1. The molecule has 0 bridgehead atoms. The monoisotopic (exact) mass is 178 g/mol. The highest BCUT2D eigenvalue weighted by atomic mass is 16.3. The molecule has 0 radical (unpaired) electrons. The van der Waals surface area contributed by atoms with Crippen LogP contribution in [0.5, 0.6) is 5.75 Å². The summed E-state index contributed by atoms with van der Waals surface area (Å²) in [6.07, 6.45) is 0. The topological polar surface area (TPSA) is 44.3 Å². The van der Waals surface area contributed by atoms with Crippen molar-refractivity contribution in [2.45, 2.75) is 0 Å². The summed E-state index contributed by atoms with van der Waals surface area (Å²) in [4.78, 5) is 0. The Morgan fingerprint density at radius 1 is 1.08 bits per heavy atom. The van der Waals surface area contributed by atoms with Gasteiger partial charge in [-0.3, -0.25) is 0 Å². The first kappa shape index (κ1) is 9.45. The van der Waals surface area contributed by atoms with E-state index in [1.54, 1.807) is 24.3 Å². The Bertz CT molecular complexity index is 251. The van der Waals surface area contributed by atoms with Gasteiger partial charge in [0.05, 0.1) is 5.82 Å². The van der Waals surface area contributed by atoms with Gasteiger partial charge in [-0.1, -0.05) is 24.8 Å². The second kappa shape index (κ2) is 5.09. The smallest absolute Gasteiger partial charge is 0.115 e. The lowest BCUT2D eigenvalue weighted by atomic mass is 10.3. The fourth-order valence-corrected chi connectivity index (χ4v) is 0.917. The standard InChI is InChI=1S/C6H6O.C4H8N2/c7-6-4-2-1-3-5-6;1-4-5-2-3-6-4/h1-5,7H;5-6H,1-3H2. The lowest BCUT2D eigenvalue weighted by Gasteiger charge is -1.89. The van der Waals surface area contributed by atoms with Gasteiger partial charge in [-0.15, -0.1) is 0 Å². The predicted octanol–water partition coefficient (Wildman–Crippen LogP) is 1.04. The Morgan fingerprint density at radius 3 is 1.85 bits per heavy atom. The van der Waals surface area contributed by atoms with Gasteiger partial charge < -0.3 is 15.7 Å². The molecule has 0 amide bonds. The molecule has 2 rings (SSSR count). The van der Waals surface area contributed by atoms with Crippen molar-refractivity contribution in [3.63, 3.8) is 0 Å². The minimum Gasteiger partial charge on any atom is -0.508 e. The minimum absolute atomic E-state index is 0.322. The van der Waals surface area contributed by atoms with Crippen LogP contribution < -0.4 is 10.6 Å². The van der Waals surface area contributed by atoms with Crippen molar-refractivity contribution in [2.75, 3.05) is 13.1 Å². The molecular formula is C10H14N2O. The molecule has 3 heteroatoms. The van der Waals surface area contributed by atoms with Gasteiger partial charge in [0.25, 0.3) is 0 Å². The van der Waals surface area contributed by atoms with Gasteiger partial charge in [0.1, 0.15) is 5.75 Å². The Hall–Kier alpha value is -1.64. The quantitative estimate of drug-likeness (QED) is 0.556. The van der Waals surface area contributed by atoms with Crippen LogP contribution in [0, 0.1) is 0 Å². The zero-order valence-corrected chi connectivity index (χ0v) is 7.46. The maximum atomic E-state index is 8.63. The summed E-state index contributed by atoms with van der Waals surface area (Å²) < 4.78 is 0. The van der Waals surface area contributed by atoms with Crippen LogP contribution in [0.15, 0.2) is 42.7 Å². The first-order chi connectivity index (χ1) is 6.29. The zero-order valence-electron chi connectivity index (χ0n) is 7.46. The summed E-state index contributed by atoms with van der Waals surface area (Å²) in [5.74, 6) is 1.28. The number of phenolic OH excluding ortho intramolecular Hbond substituents is 1. The van der Waals surface area contributed by atoms with E-state index in [0.717, 1.165) is 18.9 Å². The number of para-hydroxylation sites is 1. The molecule has 1 aliphatic rings. The summed E-state index contributed by atoms with van der Waals surface area (Å²) in [5, 5.41) is 14.7. The van der Waals surface area contributed by atoms with E-state index in [0.29, 0.717) is 5.75 Å². The van der Waals surface area contributed by atoms with Crippen molar-refractivity contribution in [2.24, 2.45) is 0 Å². The molecule has 1 aromatic rings. The van der Waals surface area contributed by atoms with E-state index in [4.69, 9.17) is 5.11 Å². The third kappa shape index (κ3) is 4.06. The highest BCUT2D eigenvalue weighted by Gasteiger charge is 1.96. The fraction of sp³-hybridized carbons (Fsp3) is 0.200. The molecule has 0 unspecified atom stereocenters. The maximum absolute atomic E-state index is 8.63. The average molecular weight is 178 g/mol. The van der Waals surface area contributed by atoms with Gasteiger partial charge in [-0.25, -0.2) is 0 Å². The lowest BCUT2D eigenvalue weighted by molar-refractivity contribution is 0.475. The molecular weight excluding hydrogens is 164 g/mol. The molecule has 13 heavy (non-hydrogen) atoms. The van der Waals surface area contributed by atoms with E-state index in [9.17, 15) is 0 Å². The van der Waals surface area contributed by atoms with Gasteiger partial charge in [0.15, 0.2) is 0 Å². The third-order valence-corrected chi connectivity index (χ3v) is 1.56. The summed E-state index contributed by atoms with van der Waals surface area (Å²) >= 11 is 0. The number of hydrogen-bond acceptors (Lipinski definition) is 3. The number of aromatic hydroxyl groups is 1. The van der Waals surface area contributed by atoms with Crippen LogP contribution >= 0.6 is 0 Å². The molecule has 1 aliphatic heterocycles. The van der Waals surface area contributed by atoms with E-state index in [-0.39, 0.29) is 0 Å². The molecule has 0 spiro atoms. The molecule has 70 valence electrons. The molecule has 1 saturated heterocycles. The average Bonchev–Trinajstić information content (AvgIpc) is 2.58. The van der Waals surface area contributed by atoms with Crippen molar-refractivity contribution in [3.8, 4) is 5.75 Å². The third-order valence-electron chi connectivity index (χ3n) is 1.56. The number of rotatable bonds is 0. The van der Waals surface area contributed by atoms with Crippen LogP contribution in [0.3, 0.4) is 0 Å². The highest BCUT2D eigenvalue weighted by Crippen LogP contribution is 2.02. The molecule has 1 aromatic carbocycles. The second-order valence-electron chi connectivity index (χ2n) is 2.67. The molecule has 1 heterocycles. The van der Waals surface area contributed by atoms with E-state index in [2.05, 4.69) is 17.2 Å². The van der Waals surface area contributed by atoms with Gasteiger partial charge in [0.2, 0.25) is 0 Å². The van der Waals surface area contributed by atoms with Crippen molar-refractivity contribution >= 4 is 0 Å². The van der Waals surface area contributed by atoms with Crippen LogP contribution in [0.4, 0.5) is 0 Å². The molecule has 0 atom stereocenters. The van der Waals surface area contributed by atoms with Crippen molar-refractivity contribution in [1.82, 2.24) is 10.6 Å². The maximum Gasteiger partial charge on any atom is 0.115 e. The van der Waals surface area contributed by atoms with E-state index >= 15 is 0 Å². The van der Waals surface area contributed by atoms with Crippen LogP contribution in [-0.4, -0.2) is 18.2 Å². The largest absolute Gasteiger partial charge is 0.508 e. The summed E-state index contributed by atoms with van der Waals surface area (Å²) in [7, 11) is 0. The number of hydrogen-bond donors (Lipinski definition) is 3. The van der Waals surface area contributed by atoms with Gasteiger partial charge in [-0.05, 0) is 12.1 Å². The Labute approximate surface area is 78.1 Å². The minimum atomic E-state index is 0.322. The second-order valence-corrected chi connectivity index (χ2v) is 2.67. The van der Waals surface area contributed by atoms with Gasteiger partial charge >= 0.3 is 0 Å². The van der Waals surface area contributed by atoms with Crippen LogP contribution in [0.1, 0.15) is 0 Å². The highest BCUT2D eigenvalue weighted by molar-refractivity contribution is 5.18. The van der Waals surface area contributed by atoms with Crippen molar-refractivity contribution in [1.29, 1.82) is 0 Å². The first-order valence-electron chi connectivity index (χ1n) is 4.19. The van der Waals surface area contributed by atoms with Crippen molar-refractivity contribution in [3.05, 3.63) is 42.7 Å². The normalized spacial score (nSPS) is 13.7. The van der Waals surface area contributed by atoms with Crippen molar-refractivity contribution < 1.29 is 5.11 Å². The van der Waals surface area contributed by atoms with E-state index in [1.807, 2.05) is 6.07 Å². The Kier molecular flexibility index (Phi) is 3.70. The molecule has 0 aliphatic carbocycles. The van der Waals surface area contributed by atoms with Gasteiger partial charge in [0, 0.05) is 13.1 Å². The molecule has 0 aromatic heterocycles. The molecule has 3 nitrogen and oxygen atoms in total. The first-order valence-corrected chi connectivity index (χ1v) is 4.19. The zero-order chi connectivity index (χ0) is 9.52. The molecule has 1 fully saturated rings. The number of benzene rings is 1. The van der Waals surface area contributed by atoms with Crippen LogP contribution in [0.2, 0.25) is 0 Å². The Balaban J connectivity index is 0.000000132. The fourth-order valence-electron chi connectivity index (χ4n) is 0.917. The van der Waals surface area contributed by atoms with E-state index < -0.39 is 0 Å². The molecule has 3 N–H and O–H groups in total. The Morgan fingerprint density at radius 2 is 1.62 bits per heavy atom. The lowest BCUT2D eigenvalue weighted by Crippen LogP contribution is -2.06. The van der Waals surface area contributed by atoms with Crippen LogP contribution in [-0.2, 0) is 0 Å².